The Kier molecular flexibility index (Phi) is 3.98. The normalized spacial score (nSPS) is 18.9. The van der Waals surface area contributed by atoms with Gasteiger partial charge in [0.2, 0.25) is 5.91 Å². The molecule has 1 amide bonds. The number of amides is 1. The van der Waals surface area contributed by atoms with E-state index in [1.165, 1.54) is 0 Å². The molecule has 0 saturated heterocycles. The van der Waals surface area contributed by atoms with E-state index in [9.17, 15) is 4.79 Å². The molecule has 0 unspecified atom stereocenters. The second-order valence-electron chi connectivity index (χ2n) is 2.09. The number of aliphatic hydroxyl groups is 4. The highest BCUT2D eigenvalue weighted by Gasteiger charge is 2.27. The van der Waals surface area contributed by atoms with E-state index < -0.39 is 30.8 Å². The summed E-state index contributed by atoms with van der Waals surface area (Å²) in [6, 6.07) is 0. The maximum absolute atomic E-state index is 10.2. The van der Waals surface area contributed by atoms with Crippen LogP contribution in [0.3, 0.4) is 0 Å². The van der Waals surface area contributed by atoms with Gasteiger partial charge in [0, 0.05) is 0 Å². The van der Waals surface area contributed by atoms with Crippen LogP contribution in [-0.4, -0.2) is 51.3 Å². The number of rotatable bonds is 4. The van der Waals surface area contributed by atoms with Crippen molar-refractivity contribution in [2.45, 2.75) is 18.3 Å². The fraction of sp³-hybridized carbons (Fsp3) is 0.800. The van der Waals surface area contributed by atoms with Crippen molar-refractivity contribution in [2.75, 3.05) is 6.61 Å². The molecule has 11 heavy (non-hydrogen) atoms. The fourth-order valence-corrected chi connectivity index (χ4v) is 0.487. The van der Waals surface area contributed by atoms with Crippen molar-refractivity contribution in [2.24, 2.45) is 5.73 Å². The number of hydrogen-bond acceptors (Lipinski definition) is 5. The minimum atomic E-state index is -1.85. The minimum Gasteiger partial charge on any atom is -0.394 e. The van der Waals surface area contributed by atoms with E-state index in [-0.39, 0.29) is 0 Å². The predicted molar refractivity (Wildman–Crippen MR) is 34.3 cm³/mol. The van der Waals surface area contributed by atoms with Crippen LogP contribution in [0.25, 0.3) is 0 Å². The number of hydrogen-bond donors (Lipinski definition) is 5. The third-order valence-electron chi connectivity index (χ3n) is 1.20. The molecule has 66 valence electrons. The van der Waals surface area contributed by atoms with Crippen LogP contribution >= 0.6 is 0 Å². The second kappa shape index (κ2) is 4.24. The van der Waals surface area contributed by atoms with Crippen molar-refractivity contribution in [1.29, 1.82) is 0 Å². The molecule has 0 aromatic carbocycles. The first kappa shape index (κ1) is 10.3. The van der Waals surface area contributed by atoms with E-state index >= 15 is 0 Å². The Labute approximate surface area is 62.9 Å². The topological polar surface area (TPSA) is 124 Å². The zero-order chi connectivity index (χ0) is 9.02. The smallest absolute Gasteiger partial charge is 0.249 e. The van der Waals surface area contributed by atoms with Gasteiger partial charge in [-0.3, -0.25) is 4.79 Å². The molecular weight excluding hydrogens is 154 g/mol. The third kappa shape index (κ3) is 2.81. The Morgan fingerprint density at radius 1 is 1.36 bits per heavy atom. The van der Waals surface area contributed by atoms with Gasteiger partial charge in [-0.25, -0.2) is 0 Å². The van der Waals surface area contributed by atoms with Crippen LogP contribution < -0.4 is 5.73 Å². The highest BCUT2D eigenvalue weighted by molar-refractivity contribution is 5.79. The lowest BCUT2D eigenvalue weighted by Gasteiger charge is -2.18. The standard InChI is InChI=1S/C5H11NO5/c6-5(11)4(10)3(9)2(8)1-7/h2-4,7-10H,1H2,(H2,6,11)/t2-,3-,4+/m0/s1. The van der Waals surface area contributed by atoms with Crippen LogP contribution in [0.2, 0.25) is 0 Å². The van der Waals surface area contributed by atoms with Gasteiger partial charge in [0.15, 0.2) is 6.10 Å². The van der Waals surface area contributed by atoms with E-state index in [0.717, 1.165) is 0 Å². The summed E-state index contributed by atoms with van der Waals surface area (Å²) in [7, 11) is 0. The SMILES string of the molecule is NC(=O)[C@H](O)[C@@H](O)[C@@H](O)CO. The average Bonchev–Trinajstić information content (AvgIpc) is 2.00. The summed E-state index contributed by atoms with van der Waals surface area (Å²) in [5.74, 6) is -1.15. The molecule has 0 bridgehead atoms. The molecule has 0 aliphatic carbocycles. The number of carbonyl (C=O) groups excluding carboxylic acids is 1. The van der Waals surface area contributed by atoms with E-state index in [0.29, 0.717) is 0 Å². The van der Waals surface area contributed by atoms with Gasteiger partial charge in [-0.2, -0.15) is 0 Å². The molecule has 0 aromatic heterocycles. The van der Waals surface area contributed by atoms with Gasteiger partial charge in [0.05, 0.1) is 6.61 Å². The lowest BCUT2D eigenvalue weighted by Crippen LogP contribution is -2.46. The molecule has 0 saturated carbocycles. The fourth-order valence-electron chi connectivity index (χ4n) is 0.487. The minimum absolute atomic E-state index is 0.745. The Bertz CT molecular complexity index is 139. The molecule has 0 aromatic rings. The average molecular weight is 165 g/mol. The molecule has 3 atom stereocenters. The van der Waals surface area contributed by atoms with Gasteiger partial charge in [0.25, 0.3) is 0 Å². The molecule has 6 N–H and O–H groups in total. The van der Waals surface area contributed by atoms with Gasteiger partial charge in [-0.15, -0.1) is 0 Å². The third-order valence-corrected chi connectivity index (χ3v) is 1.20. The number of primary amides is 1. The molecule has 0 heterocycles. The van der Waals surface area contributed by atoms with Gasteiger partial charge < -0.3 is 26.2 Å². The van der Waals surface area contributed by atoms with E-state index in [1.807, 2.05) is 0 Å². The summed E-state index contributed by atoms with van der Waals surface area (Å²) in [6.45, 7) is -0.745. The molecule has 0 radical (unpaired) electrons. The Morgan fingerprint density at radius 3 is 2.09 bits per heavy atom. The molecule has 6 nitrogen and oxygen atoms in total. The van der Waals surface area contributed by atoms with Gasteiger partial charge >= 0.3 is 0 Å². The first-order valence-electron chi connectivity index (χ1n) is 2.95. The second-order valence-corrected chi connectivity index (χ2v) is 2.09. The van der Waals surface area contributed by atoms with Crippen LogP contribution in [-0.2, 0) is 4.79 Å². The van der Waals surface area contributed by atoms with Crippen molar-refractivity contribution in [3.8, 4) is 0 Å². The summed E-state index contributed by atoms with van der Waals surface area (Å²) in [5.41, 5.74) is 4.59. The Balaban J connectivity index is 4.00. The van der Waals surface area contributed by atoms with Crippen molar-refractivity contribution < 1.29 is 25.2 Å². The molecular formula is C5H11NO5. The van der Waals surface area contributed by atoms with E-state index in [2.05, 4.69) is 5.73 Å². The predicted octanol–water partition coefficient (Wildman–Crippen LogP) is -3.45. The molecule has 0 fully saturated rings. The Morgan fingerprint density at radius 2 is 1.82 bits per heavy atom. The summed E-state index contributed by atoms with van der Waals surface area (Å²) in [6.07, 6.45) is -5.15. The van der Waals surface area contributed by atoms with Crippen LogP contribution in [0.1, 0.15) is 0 Å². The molecule has 6 heteroatoms. The van der Waals surface area contributed by atoms with Crippen molar-refractivity contribution in [1.82, 2.24) is 0 Å². The summed E-state index contributed by atoms with van der Waals surface area (Å²) in [4.78, 5) is 10.2. The van der Waals surface area contributed by atoms with Crippen molar-refractivity contribution in [3.05, 3.63) is 0 Å². The zero-order valence-corrected chi connectivity index (χ0v) is 5.71. The van der Waals surface area contributed by atoms with Crippen LogP contribution in [0.5, 0.6) is 0 Å². The first-order chi connectivity index (χ1) is 5.00. The monoisotopic (exact) mass is 165 g/mol. The van der Waals surface area contributed by atoms with Crippen molar-refractivity contribution in [3.63, 3.8) is 0 Å². The van der Waals surface area contributed by atoms with Crippen LogP contribution in [0.4, 0.5) is 0 Å². The molecule has 0 aliphatic rings. The van der Waals surface area contributed by atoms with Gasteiger partial charge in [0.1, 0.15) is 12.2 Å². The highest BCUT2D eigenvalue weighted by atomic mass is 16.4. The van der Waals surface area contributed by atoms with E-state index in [4.69, 9.17) is 20.4 Å². The molecule has 0 aliphatic heterocycles. The number of aliphatic hydroxyl groups excluding tert-OH is 4. The van der Waals surface area contributed by atoms with Gasteiger partial charge in [-0.05, 0) is 0 Å². The maximum Gasteiger partial charge on any atom is 0.249 e. The van der Waals surface area contributed by atoms with Crippen LogP contribution in [0, 0.1) is 0 Å². The molecule has 0 rings (SSSR count). The zero-order valence-electron chi connectivity index (χ0n) is 5.71. The Hall–Kier alpha value is -0.690. The number of carbonyl (C=O) groups is 1. The van der Waals surface area contributed by atoms with Crippen LogP contribution in [0.15, 0.2) is 0 Å². The lowest BCUT2D eigenvalue weighted by molar-refractivity contribution is -0.139. The first-order valence-corrected chi connectivity index (χ1v) is 2.95. The number of nitrogens with two attached hydrogens (primary N) is 1. The van der Waals surface area contributed by atoms with E-state index in [1.54, 1.807) is 0 Å². The quantitative estimate of drug-likeness (QED) is 0.296. The summed E-state index contributed by atoms with van der Waals surface area (Å²) < 4.78 is 0. The largest absolute Gasteiger partial charge is 0.394 e. The summed E-state index contributed by atoms with van der Waals surface area (Å²) >= 11 is 0. The maximum atomic E-state index is 10.2. The van der Waals surface area contributed by atoms with Gasteiger partial charge in [-0.1, -0.05) is 0 Å². The molecule has 0 spiro atoms. The highest BCUT2D eigenvalue weighted by Crippen LogP contribution is 1.98. The van der Waals surface area contributed by atoms with Crippen molar-refractivity contribution >= 4 is 5.91 Å². The lowest BCUT2D eigenvalue weighted by atomic mass is 10.1. The summed E-state index contributed by atoms with van der Waals surface area (Å²) in [5, 5.41) is 34.4.